The number of ether oxygens (including phenoxy) is 1. The molecule has 1 aromatic heterocycles. The Morgan fingerprint density at radius 1 is 1.58 bits per heavy atom. The predicted molar refractivity (Wildman–Crippen MR) is 75.7 cm³/mol. The maximum Gasteiger partial charge on any atom is 0.252 e. The van der Waals surface area contributed by atoms with E-state index in [9.17, 15) is 9.90 Å². The SMILES string of the molecule is Cc1cc(C(=O)NCC(O)COCC2CC2)c(C)s1. The zero-order valence-electron chi connectivity index (χ0n) is 11.4. The summed E-state index contributed by atoms with van der Waals surface area (Å²) < 4.78 is 5.39. The molecule has 1 amide bonds. The molecule has 1 fully saturated rings. The van der Waals surface area contributed by atoms with Crippen LogP contribution in [-0.4, -0.2) is 36.9 Å². The number of thiophene rings is 1. The van der Waals surface area contributed by atoms with E-state index in [-0.39, 0.29) is 12.5 Å². The zero-order chi connectivity index (χ0) is 13.8. The predicted octanol–water partition coefficient (Wildman–Crippen LogP) is 1.88. The van der Waals surface area contributed by atoms with E-state index >= 15 is 0 Å². The van der Waals surface area contributed by atoms with Crippen molar-refractivity contribution in [3.63, 3.8) is 0 Å². The Labute approximate surface area is 117 Å². The van der Waals surface area contributed by atoms with Crippen LogP contribution in [0.3, 0.4) is 0 Å². The second-order valence-corrected chi connectivity index (χ2v) is 6.63. The highest BCUT2D eigenvalue weighted by atomic mass is 32.1. The van der Waals surface area contributed by atoms with Crippen LogP contribution in [-0.2, 0) is 4.74 Å². The minimum absolute atomic E-state index is 0.122. The number of hydrogen-bond donors (Lipinski definition) is 2. The highest BCUT2D eigenvalue weighted by Crippen LogP contribution is 2.28. The van der Waals surface area contributed by atoms with Crippen molar-refractivity contribution in [2.75, 3.05) is 19.8 Å². The summed E-state index contributed by atoms with van der Waals surface area (Å²) in [5.74, 6) is 0.571. The second-order valence-electron chi connectivity index (χ2n) is 5.17. The van der Waals surface area contributed by atoms with E-state index < -0.39 is 6.10 Å². The molecule has 19 heavy (non-hydrogen) atoms. The van der Waals surface area contributed by atoms with Crippen LogP contribution in [0.1, 0.15) is 33.0 Å². The molecule has 1 aromatic rings. The molecule has 5 heteroatoms. The highest BCUT2D eigenvalue weighted by Gasteiger charge is 2.21. The first-order chi connectivity index (χ1) is 9.06. The molecule has 0 saturated heterocycles. The van der Waals surface area contributed by atoms with Gasteiger partial charge in [-0.15, -0.1) is 11.3 Å². The third-order valence-electron chi connectivity index (χ3n) is 3.14. The number of carbonyl (C=O) groups is 1. The average Bonchev–Trinajstić information content (AvgIpc) is 3.11. The molecule has 0 aromatic carbocycles. The van der Waals surface area contributed by atoms with Crippen LogP contribution in [0, 0.1) is 19.8 Å². The first kappa shape index (κ1) is 14.5. The van der Waals surface area contributed by atoms with Crippen LogP contribution in [0.2, 0.25) is 0 Å². The average molecular weight is 283 g/mol. The van der Waals surface area contributed by atoms with Crippen molar-refractivity contribution in [3.8, 4) is 0 Å². The van der Waals surface area contributed by atoms with Crippen LogP contribution < -0.4 is 5.32 Å². The minimum atomic E-state index is -0.636. The smallest absolute Gasteiger partial charge is 0.252 e. The third kappa shape index (κ3) is 4.60. The van der Waals surface area contributed by atoms with Gasteiger partial charge in [0.15, 0.2) is 0 Å². The van der Waals surface area contributed by atoms with Crippen molar-refractivity contribution >= 4 is 17.2 Å². The lowest BCUT2D eigenvalue weighted by atomic mass is 10.2. The molecule has 1 aliphatic rings. The monoisotopic (exact) mass is 283 g/mol. The fourth-order valence-corrected chi connectivity index (χ4v) is 2.80. The van der Waals surface area contributed by atoms with Crippen LogP contribution in [0.4, 0.5) is 0 Å². The molecule has 0 radical (unpaired) electrons. The van der Waals surface area contributed by atoms with Crippen molar-refractivity contribution in [1.29, 1.82) is 0 Å². The molecule has 1 saturated carbocycles. The third-order valence-corrected chi connectivity index (χ3v) is 4.11. The van der Waals surface area contributed by atoms with Gasteiger partial charge in [-0.05, 0) is 38.7 Å². The number of carbonyl (C=O) groups excluding carboxylic acids is 1. The van der Waals surface area contributed by atoms with Crippen LogP contribution in [0.25, 0.3) is 0 Å². The molecule has 1 atom stereocenters. The van der Waals surface area contributed by atoms with Crippen LogP contribution in [0.15, 0.2) is 6.07 Å². The van der Waals surface area contributed by atoms with Crippen molar-refractivity contribution in [2.45, 2.75) is 32.8 Å². The van der Waals surface area contributed by atoms with Gasteiger partial charge in [-0.25, -0.2) is 0 Å². The molecule has 0 spiro atoms. The highest BCUT2D eigenvalue weighted by molar-refractivity contribution is 7.12. The first-order valence-corrected chi connectivity index (χ1v) is 7.49. The Morgan fingerprint density at radius 2 is 2.32 bits per heavy atom. The number of aliphatic hydroxyl groups excluding tert-OH is 1. The lowest BCUT2D eigenvalue weighted by molar-refractivity contribution is 0.0320. The van der Waals surface area contributed by atoms with Crippen LogP contribution >= 0.6 is 11.3 Å². The number of hydrogen-bond acceptors (Lipinski definition) is 4. The Hall–Kier alpha value is -0.910. The Bertz CT molecular complexity index is 440. The Kier molecular flexibility index (Phi) is 4.96. The van der Waals surface area contributed by atoms with Gasteiger partial charge in [0.05, 0.1) is 18.3 Å². The standard InChI is InChI=1S/C14H21NO3S/c1-9-5-13(10(2)19-9)14(17)15-6-12(16)8-18-7-11-3-4-11/h5,11-12,16H,3-4,6-8H2,1-2H3,(H,15,17). The van der Waals surface area contributed by atoms with Gasteiger partial charge in [-0.2, -0.15) is 0 Å². The number of aliphatic hydroxyl groups is 1. The van der Waals surface area contributed by atoms with Gasteiger partial charge in [-0.3, -0.25) is 4.79 Å². The fourth-order valence-electron chi connectivity index (χ4n) is 1.88. The van der Waals surface area contributed by atoms with E-state index in [0.717, 1.165) is 16.4 Å². The van der Waals surface area contributed by atoms with Crippen molar-refractivity contribution in [3.05, 3.63) is 21.4 Å². The summed E-state index contributed by atoms with van der Waals surface area (Å²) in [6.45, 7) is 5.17. The van der Waals surface area contributed by atoms with E-state index in [1.165, 1.54) is 12.8 Å². The van der Waals surface area contributed by atoms with E-state index in [0.29, 0.717) is 18.1 Å². The molecule has 1 unspecified atom stereocenters. The summed E-state index contributed by atoms with van der Waals surface area (Å²) in [6, 6.07) is 1.88. The summed E-state index contributed by atoms with van der Waals surface area (Å²) in [4.78, 5) is 14.0. The van der Waals surface area contributed by atoms with Crippen LogP contribution in [0.5, 0.6) is 0 Å². The largest absolute Gasteiger partial charge is 0.389 e. The van der Waals surface area contributed by atoms with Gasteiger partial charge in [-0.1, -0.05) is 0 Å². The number of rotatable bonds is 7. The maximum absolute atomic E-state index is 11.9. The Morgan fingerprint density at radius 3 is 2.89 bits per heavy atom. The van der Waals surface area contributed by atoms with Gasteiger partial charge in [0.2, 0.25) is 0 Å². The Balaban J connectivity index is 1.68. The number of amides is 1. The normalized spacial score (nSPS) is 16.4. The lowest BCUT2D eigenvalue weighted by Gasteiger charge is -2.12. The molecule has 4 nitrogen and oxygen atoms in total. The summed E-state index contributed by atoms with van der Waals surface area (Å²) in [7, 11) is 0. The van der Waals surface area contributed by atoms with Gasteiger partial charge >= 0.3 is 0 Å². The van der Waals surface area contributed by atoms with Gasteiger partial charge in [0.1, 0.15) is 0 Å². The van der Waals surface area contributed by atoms with Gasteiger partial charge < -0.3 is 15.2 Å². The first-order valence-electron chi connectivity index (χ1n) is 6.67. The van der Waals surface area contributed by atoms with E-state index in [1.54, 1.807) is 11.3 Å². The molecule has 1 aliphatic carbocycles. The van der Waals surface area contributed by atoms with E-state index in [4.69, 9.17) is 4.74 Å². The summed E-state index contributed by atoms with van der Waals surface area (Å²) in [5.41, 5.74) is 0.702. The molecule has 2 rings (SSSR count). The summed E-state index contributed by atoms with van der Waals surface area (Å²) >= 11 is 1.61. The number of aryl methyl sites for hydroxylation is 2. The summed E-state index contributed by atoms with van der Waals surface area (Å²) in [6.07, 6.45) is 1.84. The van der Waals surface area contributed by atoms with Gasteiger partial charge in [0.25, 0.3) is 5.91 Å². The second kappa shape index (κ2) is 6.50. The fraction of sp³-hybridized carbons (Fsp3) is 0.643. The molecule has 0 aliphatic heterocycles. The topological polar surface area (TPSA) is 58.6 Å². The van der Waals surface area contributed by atoms with Crippen molar-refractivity contribution in [1.82, 2.24) is 5.32 Å². The summed E-state index contributed by atoms with van der Waals surface area (Å²) in [5, 5.41) is 12.5. The van der Waals surface area contributed by atoms with Gasteiger partial charge in [0, 0.05) is 22.9 Å². The molecular weight excluding hydrogens is 262 g/mol. The molecule has 1 heterocycles. The van der Waals surface area contributed by atoms with Crippen molar-refractivity contribution in [2.24, 2.45) is 5.92 Å². The van der Waals surface area contributed by atoms with E-state index in [2.05, 4.69) is 5.32 Å². The quantitative estimate of drug-likeness (QED) is 0.803. The number of nitrogens with one attached hydrogen (secondary N) is 1. The van der Waals surface area contributed by atoms with E-state index in [1.807, 2.05) is 19.9 Å². The molecule has 2 N–H and O–H groups in total. The maximum atomic E-state index is 11.9. The zero-order valence-corrected chi connectivity index (χ0v) is 12.3. The lowest BCUT2D eigenvalue weighted by Crippen LogP contribution is -2.34. The molecular formula is C14H21NO3S. The minimum Gasteiger partial charge on any atom is -0.389 e. The molecule has 0 bridgehead atoms. The van der Waals surface area contributed by atoms with Crippen molar-refractivity contribution < 1.29 is 14.6 Å². The molecule has 106 valence electrons.